The van der Waals surface area contributed by atoms with E-state index in [1.165, 1.54) is 16.2 Å². The molecule has 6 rings (SSSR count). The predicted octanol–water partition coefficient (Wildman–Crippen LogP) is 4.76. The summed E-state index contributed by atoms with van der Waals surface area (Å²) >= 11 is 14.2. The number of rotatable bonds is 12. The molecule has 4 heterocycles. The molecule has 1 fully saturated rings. The highest BCUT2D eigenvalue weighted by atomic mass is 35.5. The van der Waals surface area contributed by atoms with Crippen LogP contribution in [0.5, 0.6) is 5.88 Å². The van der Waals surface area contributed by atoms with Crippen molar-refractivity contribution < 1.29 is 19.1 Å². The first-order chi connectivity index (χ1) is 24.1. The Kier molecular flexibility index (Phi) is 10.5. The van der Waals surface area contributed by atoms with Gasteiger partial charge in [0.1, 0.15) is 17.4 Å². The molecule has 1 amide bonds. The number of hydrogen-bond donors (Lipinski definition) is 3. The minimum Gasteiger partial charge on any atom is -0.481 e. The number of nitrogens with one attached hydrogen (secondary N) is 3. The van der Waals surface area contributed by atoms with Crippen LogP contribution in [0.3, 0.4) is 0 Å². The van der Waals surface area contributed by atoms with E-state index in [9.17, 15) is 14.4 Å². The van der Waals surface area contributed by atoms with Gasteiger partial charge in [-0.2, -0.15) is 5.10 Å². The number of carbonyl (C=O) groups is 2. The average Bonchev–Trinajstić information content (AvgIpc) is 3.75. The van der Waals surface area contributed by atoms with Gasteiger partial charge in [0, 0.05) is 72.2 Å². The number of fused-ring (bicyclic) bond motifs is 1. The van der Waals surface area contributed by atoms with Crippen LogP contribution in [0.4, 0.5) is 0 Å². The van der Waals surface area contributed by atoms with Crippen LogP contribution in [-0.4, -0.2) is 63.9 Å². The lowest BCUT2D eigenvalue weighted by Gasteiger charge is -2.15. The third-order valence-electron chi connectivity index (χ3n) is 8.85. The molecule has 260 valence electrons. The molecule has 0 aliphatic carbocycles. The van der Waals surface area contributed by atoms with Gasteiger partial charge in [-0.15, -0.1) is 0 Å². The lowest BCUT2D eigenvalue weighted by molar-refractivity contribution is -0.142. The van der Waals surface area contributed by atoms with Crippen molar-refractivity contribution in [1.82, 2.24) is 35.1 Å². The lowest BCUT2D eigenvalue weighted by Crippen LogP contribution is -2.37. The molecule has 1 aliphatic heterocycles. The quantitative estimate of drug-likeness (QED) is 0.156. The molecule has 2 aromatic carbocycles. The summed E-state index contributed by atoms with van der Waals surface area (Å²) < 4.78 is 13.4. The highest BCUT2D eigenvalue weighted by Gasteiger charge is 2.22. The molecule has 3 aromatic heterocycles. The Morgan fingerprint density at radius 2 is 1.72 bits per heavy atom. The van der Waals surface area contributed by atoms with Gasteiger partial charge in [-0.1, -0.05) is 65.7 Å². The van der Waals surface area contributed by atoms with E-state index in [1.54, 1.807) is 33.3 Å². The Labute approximate surface area is 298 Å². The summed E-state index contributed by atoms with van der Waals surface area (Å²) in [6.07, 6.45) is 3.13. The summed E-state index contributed by atoms with van der Waals surface area (Å²) in [6, 6.07) is 16.5. The lowest BCUT2D eigenvalue weighted by atomic mass is 9.97. The van der Waals surface area contributed by atoms with Gasteiger partial charge in [-0.05, 0) is 25.5 Å². The normalized spacial score (nSPS) is 14.9. The Morgan fingerprint density at radius 1 is 1.02 bits per heavy atom. The molecule has 0 bridgehead atoms. The zero-order chi connectivity index (χ0) is 35.5. The zero-order valence-electron chi connectivity index (χ0n) is 28.0. The maximum Gasteiger partial charge on any atom is 0.322 e. The van der Waals surface area contributed by atoms with Crippen LogP contribution in [0.2, 0.25) is 10.0 Å². The smallest absolute Gasteiger partial charge is 0.322 e. The van der Waals surface area contributed by atoms with E-state index >= 15 is 0 Å². The second-order valence-electron chi connectivity index (χ2n) is 12.1. The molecule has 50 heavy (non-hydrogen) atoms. The number of hydrogen-bond acceptors (Lipinski definition) is 9. The summed E-state index contributed by atoms with van der Waals surface area (Å²) in [7, 11) is 4.54. The van der Waals surface area contributed by atoms with Crippen LogP contribution in [-0.2, 0) is 34.5 Å². The second-order valence-corrected chi connectivity index (χ2v) is 12.9. The van der Waals surface area contributed by atoms with Crippen molar-refractivity contribution in [3.63, 3.8) is 0 Å². The average molecular weight is 719 g/mol. The number of aromatic nitrogens is 4. The Balaban J connectivity index is 1.27. The second kappa shape index (κ2) is 15.0. The number of esters is 1. The first kappa shape index (κ1) is 35.1. The third-order valence-corrected chi connectivity index (χ3v) is 9.67. The maximum absolute atomic E-state index is 13.3. The minimum absolute atomic E-state index is 0.0861. The third kappa shape index (κ3) is 7.10. The molecular formula is C36H37Cl2N7O5. The van der Waals surface area contributed by atoms with Gasteiger partial charge in [0.15, 0.2) is 0 Å². The summed E-state index contributed by atoms with van der Waals surface area (Å²) in [5.41, 5.74) is 5.18. The van der Waals surface area contributed by atoms with Crippen LogP contribution in [0.15, 0.2) is 65.6 Å². The van der Waals surface area contributed by atoms with Crippen molar-refractivity contribution in [3.05, 3.63) is 92.6 Å². The summed E-state index contributed by atoms with van der Waals surface area (Å²) in [4.78, 5) is 41.4. The monoisotopic (exact) mass is 717 g/mol. The number of ether oxygens (including phenoxy) is 2. The fourth-order valence-electron chi connectivity index (χ4n) is 6.02. The van der Waals surface area contributed by atoms with E-state index in [-0.39, 0.29) is 24.1 Å². The van der Waals surface area contributed by atoms with E-state index in [1.807, 2.05) is 48.5 Å². The number of benzene rings is 2. The maximum atomic E-state index is 13.3. The molecule has 14 heteroatoms. The summed E-state index contributed by atoms with van der Waals surface area (Å²) in [5, 5.41) is 14.9. The van der Waals surface area contributed by atoms with Crippen molar-refractivity contribution in [2.24, 2.45) is 7.05 Å². The van der Waals surface area contributed by atoms with Crippen LogP contribution in [0.25, 0.3) is 39.0 Å². The SMILES string of the molecule is COC(=O)[C@H](C)NCc1nn2cc(-c3cccc(-c4cccc(-c5ccc(CNC[C@H]6CCC(=O)N6)c(OC)n5)c4Cl)c3Cl)cc2c(=O)n1C. The van der Waals surface area contributed by atoms with Gasteiger partial charge in [-0.3, -0.25) is 24.3 Å². The largest absolute Gasteiger partial charge is 0.481 e. The summed E-state index contributed by atoms with van der Waals surface area (Å²) in [6.45, 7) is 3.05. The first-order valence-corrected chi connectivity index (χ1v) is 16.9. The number of methoxy groups -OCH3 is 2. The van der Waals surface area contributed by atoms with E-state index in [0.29, 0.717) is 80.3 Å². The van der Waals surface area contributed by atoms with Crippen molar-refractivity contribution in [3.8, 4) is 39.4 Å². The number of pyridine rings is 1. The molecule has 0 saturated carbocycles. The van der Waals surface area contributed by atoms with Crippen molar-refractivity contribution in [2.75, 3.05) is 20.8 Å². The van der Waals surface area contributed by atoms with Gasteiger partial charge in [-0.25, -0.2) is 9.50 Å². The van der Waals surface area contributed by atoms with Gasteiger partial charge >= 0.3 is 5.97 Å². The highest BCUT2D eigenvalue weighted by molar-refractivity contribution is 6.39. The Morgan fingerprint density at radius 3 is 2.40 bits per heavy atom. The van der Waals surface area contributed by atoms with E-state index in [4.69, 9.17) is 37.7 Å². The molecule has 0 spiro atoms. The fraction of sp³-hybridized carbons (Fsp3) is 0.306. The van der Waals surface area contributed by atoms with Crippen LogP contribution >= 0.6 is 23.2 Å². The van der Waals surface area contributed by atoms with Gasteiger partial charge in [0.25, 0.3) is 5.56 Å². The van der Waals surface area contributed by atoms with Crippen molar-refractivity contribution >= 4 is 40.6 Å². The standard InChI is InChI=1S/C36H37Cl2N7O5/c1-20(36(48)50-4)40-18-30-43-45-19-22(15-29(45)35(47)44(30)2)24-7-5-8-25(32(24)37)26-9-6-10-27(33(26)38)28-13-11-21(34(42-28)49-3)16-39-17-23-12-14-31(46)41-23/h5-11,13,15,19-20,23,39-40H,12,14,16-18H2,1-4H3,(H,41,46)/t20-,23+/m0/s1. The Bertz CT molecular complexity index is 2150. The molecule has 1 aliphatic rings. The number of nitrogens with zero attached hydrogens (tertiary/aromatic N) is 4. The van der Waals surface area contributed by atoms with Crippen LogP contribution in [0.1, 0.15) is 31.2 Å². The topological polar surface area (TPSA) is 141 Å². The number of halogens is 2. The van der Waals surface area contributed by atoms with Crippen molar-refractivity contribution in [2.45, 2.75) is 44.9 Å². The Hall–Kier alpha value is -4.75. The van der Waals surface area contributed by atoms with Crippen molar-refractivity contribution in [1.29, 1.82) is 0 Å². The number of carbonyl (C=O) groups excluding carboxylic acids is 2. The molecular weight excluding hydrogens is 681 g/mol. The van der Waals surface area contributed by atoms with E-state index in [2.05, 4.69) is 21.0 Å². The molecule has 0 radical (unpaired) electrons. The van der Waals surface area contributed by atoms with Gasteiger partial charge in [0.05, 0.1) is 36.5 Å². The zero-order valence-corrected chi connectivity index (χ0v) is 29.6. The van der Waals surface area contributed by atoms with Crippen LogP contribution < -0.4 is 26.2 Å². The molecule has 2 atom stereocenters. The number of amides is 1. The van der Waals surface area contributed by atoms with E-state index in [0.717, 1.165) is 12.0 Å². The highest BCUT2D eigenvalue weighted by Crippen LogP contribution is 2.42. The molecule has 3 N–H and O–H groups in total. The summed E-state index contributed by atoms with van der Waals surface area (Å²) in [5.74, 6) is 0.593. The molecule has 5 aromatic rings. The fourth-order valence-corrected chi connectivity index (χ4v) is 6.68. The van der Waals surface area contributed by atoms with Crippen LogP contribution in [0, 0.1) is 0 Å². The van der Waals surface area contributed by atoms with E-state index < -0.39 is 12.0 Å². The minimum atomic E-state index is -0.571. The van der Waals surface area contributed by atoms with Gasteiger partial charge in [0.2, 0.25) is 11.8 Å². The predicted molar refractivity (Wildman–Crippen MR) is 192 cm³/mol. The van der Waals surface area contributed by atoms with Gasteiger partial charge < -0.3 is 20.1 Å². The molecule has 12 nitrogen and oxygen atoms in total. The molecule has 1 saturated heterocycles. The molecule has 0 unspecified atom stereocenters. The first-order valence-electron chi connectivity index (χ1n) is 16.1.